The van der Waals surface area contributed by atoms with Gasteiger partial charge in [0.2, 0.25) is 0 Å². The van der Waals surface area contributed by atoms with Crippen LogP contribution >= 0.6 is 11.6 Å². The van der Waals surface area contributed by atoms with Gasteiger partial charge >= 0.3 is 0 Å². The van der Waals surface area contributed by atoms with E-state index in [1.54, 1.807) is 0 Å². The molecule has 4 N–H and O–H groups in total. The number of benzene rings is 1. The summed E-state index contributed by atoms with van der Waals surface area (Å²) in [5, 5.41) is 0.630. The maximum absolute atomic E-state index is 6.35. The van der Waals surface area contributed by atoms with Crippen LogP contribution in [0.4, 0.5) is 0 Å². The van der Waals surface area contributed by atoms with Crippen LogP contribution in [0.25, 0.3) is 0 Å². The van der Waals surface area contributed by atoms with E-state index in [2.05, 4.69) is 26.8 Å². The van der Waals surface area contributed by atoms with Crippen LogP contribution < -0.4 is 16.2 Å². The van der Waals surface area contributed by atoms with Gasteiger partial charge in [0.05, 0.1) is 11.6 Å². The molecular formula is C15H25ClN2O. The van der Waals surface area contributed by atoms with Crippen molar-refractivity contribution in [3.05, 3.63) is 28.3 Å². The van der Waals surface area contributed by atoms with Crippen LogP contribution in [-0.4, -0.2) is 13.2 Å². The Hall–Kier alpha value is -0.770. The van der Waals surface area contributed by atoms with Crippen LogP contribution in [0, 0.1) is 0 Å². The summed E-state index contributed by atoms with van der Waals surface area (Å²) >= 11 is 6.35. The maximum Gasteiger partial charge on any atom is 0.141 e. The van der Waals surface area contributed by atoms with Gasteiger partial charge in [-0.05, 0) is 36.0 Å². The fourth-order valence-electron chi connectivity index (χ4n) is 1.93. The van der Waals surface area contributed by atoms with Gasteiger partial charge in [-0.1, -0.05) is 38.4 Å². The van der Waals surface area contributed by atoms with Crippen molar-refractivity contribution in [2.45, 2.75) is 45.6 Å². The second kappa shape index (κ2) is 7.73. The molecule has 19 heavy (non-hydrogen) atoms. The summed E-state index contributed by atoms with van der Waals surface area (Å²) in [4.78, 5) is 0. The van der Waals surface area contributed by atoms with Gasteiger partial charge in [0.1, 0.15) is 5.75 Å². The molecule has 0 amide bonds. The number of hydrogen-bond acceptors (Lipinski definition) is 3. The zero-order chi connectivity index (χ0) is 14.4. The molecule has 0 radical (unpaired) electrons. The molecule has 0 saturated heterocycles. The number of hydrogen-bond donors (Lipinski definition) is 2. The normalized spacial score (nSPS) is 14.2. The summed E-state index contributed by atoms with van der Waals surface area (Å²) < 4.78 is 5.80. The van der Waals surface area contributed by atoms with Crippen LogP contribution in [0.1, 0.15) is 56.7 Å². The van der Waals surface area contributed by atoms with Gasteiger partial charge in [0.25, 0.3) is 0 Å². The highest BCUT2D eigenvalue weighted by atomic mass is 35.5. The molecule has 0 bridgehead atoms. The van der Waals surface area contributed by atoms with Crippen molar-refractivity contribution in [2.24, 2.45) is 11.5 Å². The highest BCUT2D eigenvalue weighted by molar-refractivity contribution is 6.32. The quantitative estimate of drug-likeness (QED) is 0.804. The molecule has 0 aliphatic rings. The third-order valence-electron chi connectivity index (χ3n) is 3.37. The fourth-order valence-corrected chi connectivity index (χ4v) is 2.22. The first-order chi connectivity index (χ1) is 9.04. The predicted molar refractivity (Wildman–Crippen MR) is 81.9 cm³/mol. The summed E-state index contributed by atoms with van der Waals surface area (Å²) in [5.41, 5.74) is 13.7. The minimum atomic E-state index is -0.180. The first kappa shape index (κ1) is 16.3. The molecule has 2 unspecified atom stereocenters. The van der Waals surface area contributed by atoms with Crippen molar-refractivity contribution in [1.29, 1.82) is 0 Å². The van der Waals surface area contributed by atoms with Gasteiger partial charge in [-0.15, -0.1) is 0 Å². The maximum atomic E-state index is 6.35. The van der Waals surface area contributed by atoms with Crippen molar-refractivity contribution in [3.63, 3.8) is 0 Å². The van der Waals surface area contributed by atoms with Crippen molar-refractivity contribution in [3.8, 4) is 5.75 Å². The van der Waals surface area contributed by atoms with Gasteiger partial charge in [0.15, 0.2) is 0 Å². The Morgan fingerprint density at radius 1 is 1.32 bits per heavy atom. The number of ether oxygens (including phenoxy) is 1. The second-order valence-electron chi connectivity index (χ2n) is 4.92. The zero-order valence-electron chi connectivity index (χ0n) is 12.1. The largest absolute Gasteiger partial charge is 0.492 e. The highest BCUT2D eigenvalue weighted by Gasteiger charge is 2.17. The van der Waals surface area contributed by atoms with E-state index in [0.717, 1.165) is 29.7 Å². The van der Waals surface area contributed by atoms with Gasteiger partial charge in [-0.2, -0.15) is 0 Å². The van der Waals surface area contributed by atoms with E-state index in [1.165, 1.54) is 0 Å². The van der Waals surface area contributed by atoms with E-state index >= 15 is 0 Å². The molecule has 0 aliphatic carbocycles. The Labute approximate surface area is 121 Å². The minimum Gasteiger partial charge on any atom is -0.492 e. The lowest BCUT2D eigenvalue weighted by Crippen LogP contribution is -2.21. The first-order valence-corrected chi connectivity index (χ1v) is 7.34. The molecule has 0 heterocycles. The zero-order valence-corrected chi connectivity index (χ0v) is 12.8. The van der Waals surface area contributed by atoms with Crippen molar-refractivity contribution >= 4 is 11.6 Å². The average Bonchev–Trinajstić information content (AvgIpc) is 2.43. The van der Waals surface area contributed by atoms with Crippen LogP contribution in [0.2, 0.25) is 5.02 Å². The van der Waals surface area contributed by atoms with E-state index in [9.17, 15) is 0 Å². The van der Waals surface area contributed by atoms with E-state index in [1.807, 2.05) is 6.07 Å². The van der Waals surface area contributed by atoms with Crippen LogP contribution in [0.15, 0.2) is 12.1 Å². The third-order valence-corrected chi connectivity index (χ3v) is 3.65. The molecule has 1 rings (SSSR count). The lowest BCUT2D eigenvalue weighted by molar-refractivity contribution is 0.312. The summed E-state index contributed by atoms with van der Waals surface area (Å²) in [6.07, 6.45) is 1.99. The Kier molecular flexibility index (Phi) is 6.63. The monoisotopic (exact) mass is 284 g/mol. The molecule has 0 saturated carbocycles. The summed E-state index contributed by atoms with van der Waals surface area (Å²) in [5.74, 6) is 1.18. The van der Waals surface area contributed by atoms with Crippen molar-refractivity contribution in [2.75, 3.05) is 13.2 Å². The fraction of sp³-hybridized carbons (Fsp3) is 0.600. The molecule has 3 nitrogen and oxygen atoms in total. The standard InChI is InChI=1S/C15H25ClN2O/c1-4-6-19-15-12(10(3)5-2)7-11(8-13(15)16)14(18)9-17/h7-8,10,14H,4-6,9,17-18H2,1-3H3. The van der Waals surface area contributed by atoms with Gasteiger partial charge < -0.3 is 16.2 Å². The molecule has 108 valence electrons. The van der Waals surface area contributed by atoms with Crippen molar-refractivity contribution < 1.29 is 4.74 Å². The van der Waals surface area contributed by atoms with E-state index in [-0.39, 0.29) is 6.04 Å². The second-order valence-corrected chi connectivity index (χ2v) is 5.33. The topological polar surface area (TPSA) is 61.3 Å². The SMILES string of the molecule is CCCOc1c(Cl)cc(C(N)CN)cc1C(C)CC. The van der Waals surface area contributed by atoms with Crippen LogP contribution in [-0.2, 0) is 0 Å². The van der Waals surface area contributed by atoms with Crippen LogP contribution in [0.3, 0.4) is 0 Å². The molecule has 0 fully saturated rings. The Morgan fingerprint density at radius 2 is 2.00 bits per heavy atom. The molecule has 4 heteroatoms. The Bertz CT molecular complexity index is 409. The summed E-state index contributed by atoms with van der Waals surface area (Å²) in [6.45, 7) is 7.48. The predicted octanol–water partition coefficient (Wildman–Crippen LogP) is 3.60. The molecule has 0 aromatic heterocycles. The van der Waals surface area contributed by atoms with Crippen LogP contribution in [0.5, 0.6) is 5.75 Å². The number of halogens is 1. The third kappa shape index (κ3) is 4.10. The lowest BCUT2D eigenvalue weighted by Gasteiger charge is -2.20. The van der Waals surface area contributed by atoms with Crippen molar-refractivity contribution in [1.82, 2.24) is 0 Å². The lowest BCUT2D eigenvalue weighted by atomic mass is 9.94. The van der Waals surface area contributed by atoms with E-state index < -0.39 is 0 Å². The molecule has 1 aromatic rings. The molecule has 1 aromatic carbocycles. The highest BCUT2D eigenvalue weighted by Crippen LogP contribution is 2.37. The Balaban J connectivity index is 3.21. The number of nitrogens with two attached hydrogens (primary N) is 2. The van der Waals surface area contributed by atoms with Gasteiger partial charge in [-0.3, -0.25) is 0 Å². The molecule has 0 aliphatic heterocycles. The minimum absolute atomic E-state index is 0.180. The van der Waals surface area contributed by atoms with E-state index in [0.29, 0.717) is 24.1 Å². The smallest absolute Gasteiger partial charge is 0.141 e. The van der Waals surface area contributed by atoms with Gasteiger partial charge in [0, 0.05) is 12.6 Å². The molecule has 0 spiro atoms. The Morgan fingerprint density at radius 3 is 2.53 bits per heavy atom. The van der Waals surface area contributed by atoms with E-state index in [4.69, 9.17) is 27.8 Å². The number of rotatable bonds is 7. The first-order valence-electron chi connectivity index (χ1n) is 6.96. The summed E-state index contributed by atoms with van der Waals surface area (Å²) in [6, 6.07) is 3.78. The molecular weight excluding hydrogens is 260 g/mol. The average molecular weight is 285 g/mol. The molecule has 2 atom stereocenters. The summed E-state index contributed by atoms with van der Waals surface area (Å²) in [7, 11) is 0. The van der Waals surface area contributed by atoms with Gasteiger partial charge in [-0.25, -0.2) is 0 Å².